The van der Waals surface area contributed by atoms with Gasteiger partial charge in [-0.2, -0.15) is 0 Å². The van der Waals surface area contributed by atoms with Crippen LogP contribution >= 0.6 is 0 Å². The highest BCUT2D eigenvalue weighted by Gasteiger charge is 2.09. The highest BCUT2D eigenvalue weighted by atomic mass is 14.9. The van der Waals surface area contributed by atoms with Crippen molar-refractivity contribution in [3.63, 3.8) is 0 Å². The van der Waals surface area contributed by atoms with Gasteiger partial charge in [0.15, 0.2) is 0 Å². The molecule has 1 rings (SSSR count). The summed E-state index contributed by atoms with van der Waals surface area (Å²) in [5.74, 6) is 0.888. The van der Waals surface area contributed by atoms with E-state index < -0.39 is 0 Å². The maximum Gasteiger partial charge on any atom is 0.0247 e. The van der Waals surface area contributed by atoms with Crippen LogP contribution in [0.2, 0.25) is 0 Å². The first-order valence-corrected chi connectivity index (χ1v) is 11.5. The number of nitrogens with zero attached hydrogens (tertiary/aromatic N) is 1. The lowest BCUT2D eigenvalue weighted by Crippen LogP contribution is -2.10. The van der Waals surface area contributed by atoms with Gasteiger partial charge in [0.25, 0.3) is 0 Å². The molecule has 0 radical (unpaired) electrons. The summed E-state index contributed by atoms with van der Waals surface area (Å²) in [6, 6.07) is 4.33. The minimum atomic E-state index is 0.888. The number of rotatable bonds is 18. The highest BCUT2D eigenvalue weighted by molar-refractivity contribution is 4.90. The first kappa shape index (κ1) is 22.3. The molecule has 0 aliphatic rings. The molecule has 1 heteroatoms. The van der Waals surface area contributed by atoms with E-state index in [4.69, 9.17) is 0 Å². The van der Waals surface area contributed by atoms with E-state index in [0.29, 0.717) is 0 Å². The second-order valence-electron chi connectivity index (χ2n) is 8.07. The van der Waals surface area contributed by atoms with Gasteiger partial charge < -0.3 is 4.57 Å². The first-order valence-electron chi connectivity index (χ1n) is 11.5. The molecule has 1 aromatic rings. The Morgan fingerprint density at radius 3 is 1.40 bits per heavy atom. The lowest BCUT2D eigenvalue weighted by atomic mass is 9.94. The maximum atomic E-state index is 2.40. The molecule has 0 aromatic carbocycles. The summed E-state index contributed by atoms with van der Waals surface area (Å²) in [5.41, 5.74) is 0. The lowest BCUT2D eigenvalue weighted by molar-refractivity contribution is 0.357. The summed E-state index contributed by atoms with van der Waals surface area (Å²) in [5, 5.41) is 0. The topological polar surface area (TPSA) is 4.93 Å². The predicted octanol–water partition coefficient (Wildman–Crippen LogP) is 8.39. The largest absolute Gasteiger partial charge is 0.354 e. The molecule has 25 heavy (non-hydrogen) atoms. The van der Waals surface area contributed by atoms with Gasteiger partial charge in [-0.15, -0.1) is 0 Å². The zero-order chi connectivity index (χ0) is 18.0. The normalized spacial score (nSPS) is 12.6. The van der Waals surface area contributed by atoms with Crippen LogP contribution < -0.4 is 0 Å². The first-order chi connectivity index (χ1) is 12.4. The molecule has 0 bridgehead atoms. The van der Waals surface area contributed by atoms with Crippen LogP contribution in [0.5, 0.6) is 0 Å². The molecular formula is C24H45N. The van der Waals surface area contributed by atoms with E-state index in [1.54, 1.807) is 0 Å². The summed E-state index contributed by atoms with van der Waals surface area (Å²) >= 11 is 0. The Bertz CT molecular complexity index is 354. The number of aromatic nitrogens is 1. The molecule has 146 valence electrons. The van der Waals surface area contributed by atoms with Gasteiger partial charge in [-0.3, -0.25) is 0 Å². The molecule has 0 aliphatic heterocycles. The Morgan fingerprint density at radius 2 is 0.960 bits per heavy atom. The van der Waals surface area contributed by atoms with Gasteiger partial charge in [-0.05, 0) is 30.9 Å². The monoisotopic (exact) mass is 347 g/mol. The molecule has 0 fully saturated rings. The van der Waals surface area contributed by atoms with Crippen LogP contribution in [0.3, 0.4) is 0 Å². The van der Waals surface area contributed by atoms with Crippen LogP contribution in [-0.2, 0) is 6.54 Å². The van der Waals surface area contributed by atoms with Gasteiger partial charge in [-0.1, -0.05) is 104 Å². The average Bonchev–Trinajstić information content (AvgIpc) is 3.13. The van der Waals surface area contributed by atoms with Crippen molar-refractivity contribution in [2.45, 2.75) is 123 Å². The van der Waals surface area contributed by atoms with Crippen molar-refractivity contribution < 1.29 is 0 Å². The standard InChI is InChI=1S/C24H45N/c1-3-5-7-9-11-12-14-16-20-24(23-25-21-17-18-22-25)19-15-13-10-8-6-4-2/h17-18,21-22,24H,3-16,19-20,23H2,1-2H3. The molecule has 1 aromatic heterocycles. The number of unbranched alkanes of at least 4 members (excludes halogenated alkanes) is 12. The average molecular weight is 348 g/mol. The smallest absolute Gasteiger partial charge is 0.0247 e. The fourth-order valence-corrected chi connectivity index (χ4v) is 3.90. The quantitative estimate of drug-likeness (QED) is 0.235. The summed E-state index contributed by atoms with van der Waals surface area (Å²) in [6.07, 6.45) is 27.4. The van der Waals surface area contributed by atoms with E-state index in [0.717, 1.165) is 5.92 Å². The van der Waals surface area contributed by atoms with Gasteiger partial charge in [-0.25, -0.2) is 0 Å². The number of hydrogen-bond acceptors (Lipinski definition) is 0. The Hall–Kier alpha value is -0.720. The fourth-order valence-electron chi connectivity index (χ4n) is 3.90. The molecule has 0 spiro atoms. The summed E-state index contributed by atoms with van der Waals surface area (Å²) in [4.78, 5) is 0. The SMILES string of the molecule is CCCCCCCCCCC(CCCCCCCC)Cn1cccc1. The van der Waals surface area contributed by atoms with Crippen molar-refractivity contribution in [3.05, 3.63) is 24.5 Å². The Kier molecular flexibility index (Phi) is 14.9. The van der Waals surface area contributed by atoms with Gasteiger partial charge in [0.05, 0.1) is 0 Å². The molecule has 0 saturated carbocycles. The van der Waals surface area contributed by atoms with E-state index >= 15 is 0 Å². The van der Waals surface area contributed by atoms with E-state index in [1.165, 1.54) is 109 Å². The second kappa shape index (κ2) is 16.7. The molecule has 1 atom stereocenters. The minimum Gasteiger partial charge on any atom is -0.354 e. The van der Waals surface area contributed by atoms with Crippen LogP contribution in [0.25, 0.3) is 0 Å². The van der Waals surface area contributed by atoms with Crippen LogP contribution in [0.4, 0.5) is 0 Å². The second-order valence-corrected chi connectivity index (χ2v) is 8.07. The van der Waals surface area contributed by atoms with Crippen molar-refractivity contribution in [1.82, 2.24) is 4.57 Å². The van der Waals surface area contributed by atoms with Crippen molar-refractivity contribution >= 4 is 0 Å². The van der Waals surface area contributed by atoms with Crippen molar-refractivity contribution in [2.24, 2.45) is 5.92 Å². The van der Waals surface area contributed by atoms with E-state index in [9.17, 15) is 0 Å². The molecule has 0 N–H and O–H groups in total. The van der Waals surface area contributed by atoms with Crippen LogP contribution in [0, 0.1) is 5.92 Å². The zero-order valence-corrected chi connectivity index (χ0v) is 17.4. The third-order valence-corrected chi connectivity index (χ3v) is 5.57. The third kappa shape index (κ3) is 13.2. The third-order valence-electron chi connectivity index (χ3n) is 5.57. The highest BCUT2D eigenvalue weighted by Crippen LogP contribution is 2.21. The maximum absolute atomic E-state index is 2.40. The Labute approximate surface area is 158 Å². The Morgan fingerprint density at radius 1 is 0.560 bits per heavy atom. The van der Waals surface area contributed by atoms with Crippen LogP contribution in [0.1, 0.15) is 117 Å². The van der Waals surface area contributed by atoms with Crippen molar-refractivity contribution in [1.29, 1.82) is 0 Å². The van der Waals surface area contributed by atoms with Crippen molar-refractivity contribution in [3.8, 4) is 0 Å². The lowest BCUT2D eigenvalue weighted by Gasteiger charge is -2.18. The number of hydrogen-bond donors (Lipinski definition) is 0. The fraction of sp³-hybridized carbons (Fsp3) is 0.833. The summed E-state index contributed by atoms with van der Waals surface area (Å²) in [6.45, 7) is 5.84. The van der Waals surface area contributed by atoms with E-state index in [2.05, 4.69) is 42.9 Å². The minimum absolute atomic E-state index is 0.888. The molecule has 1 unspecified atom stereocenters. The molecule has 0 aliphatic carbocycles. The molecule has 0 amide bonds. The molecular weight excluding hydrogens is 302 g/mol. The molecule has 1 heterocycles. The van der Waals surface area contributed by atoms with Crippen molar-refractivity contribution in [2.75, 3.05) is 0 Å². The van der Waals surface area contributed by atoms with E-state index in [-0.39, 0.29) is 0 Å². The van der Waals surface area contributed by atoms with Gasteiger partial charge >= 0.3 is 0 Å². The van der Waals surface area contributed by atoms with E-state index in [1.807, 2.05) is 0 Å². The van der Waals surface area contributed by atoms with Gasteiger partial charge in [0.1, 0.15) is 0 Å². The van der Waals surface area contributed by atoms with Gasteiger partial charge in [0, 0.05) is 18.9 Å². The molecule has 0 saturated heterocycles. The predicted molar refractivity (Wildman–Crippen MR) is 113 cm³/mol. The summed E-state index contributed by atoms with van der Waals surface area (Å²) < 4.78 is 2.40. The van der Waals surface area contributed by atoms with Gasteiger partial charge in [0.2, 0.25) is 0 Å². The Balaban J connectivity index is 2.13. The zero-order valence-electron chi connectivity index (χ0n) is 17.4. The summed E-state index contributed by atoms with van der Waals surface area (Å²) in [7, 11) is 0. The molecule has 1 nitrogen and oxygen atoms in total. The van der Waals surface area contributed by atoms with Crippen LogP contribution in [-0.4, -0.2) is 4.57 Å². The van der Waals surface area contributed by atoms with Crippen LogP contribution in [0.15, 0.2) is 24.5 Å².